The normalized spacial score (nSPS) is 10.7. The van der Waals surface area contributed by atoms with E-state index in [1.54, 1.807) is 6.07 Å². The molecule has 3 aromatic rings. The molecule has 6 heteroatoms. The van der Waals surface area contributed by atoms with Crippen molar-refractivity contribution in [2.45, 2.75) is 0 Å². The average Bonchev–Trinajstić information content (AvgIpc) is 3.19. The number of carbonyl (C=O) groups excluding carboxylic acids is 2. The van der Waals surface area contributed by atoms with E-state index in [0.717, 1.165) is 5.56 Å². The average molecular weight is 365 g/mol. The van der Waals surface area contributed by atoms with Crippen LogP contribution in [-0.2, 0) is 9.53 Å². The number of hydrogen-bond acceptors (Lipinski definition) is 4. The number of amides is 1. The standard InChI is InChI=1S/C21H16FNO4/c1-26-20(24)12-8-14-7-9-16(22)17(13-14)23-21(25)19-11-10-18(27-19)15-5-3-2-4-6-15/h2-13H,1H3,(H,23,25)/b12-8+. The molecule has 136 valence electrons. The Bertz CT molecular complexity index is 992. The summed E-state index contributed by atoms with van der Waals surface area (Å²) < 4.78 is 24.1. The molecule has 0 aliphatic rings. The summed E-state index contributed by atoms with van der Waals surface area (Å²) in [5.41, 5.74) is 1.34. The second-order valence-electron chi connectivity index (χ2n) is 5.58. The SMILES string of the molecule is COC(=O)/C=C/c1ccc(F)c(NC(=O)c2ccc(-c3ccccc3)o2)c1. The van der Waals surface area contributed by atoms with Gasteiger partial charge >= 0.3 is 5.97 Å². The van der Waals surface area contributed by atoms with E-state index in [9.17, 15) is 14.0 Å². The lowest BCUT2D eigenvalue weighted by Crippen LogP contribution is -2.12. The molecule has 0 aliphatic carbocycles. The number of benzene rings is 2. The van der Waals surface area contributed by atoms with Gasteiger partial charge in [0.25, 0.3) is 5.91 Å². The highest BCUT2D eigenvalue weighted by Crippen LogP contribution is 2.23. The number of ether oxygens (including phenoxy) is 1. The molecular formula is C21H16FNO4. The van der Waals surface area contributed by atoms with Gasteiger partial charge in [-0.05, 0) is 35.9 Å². The number of anilines is 1. The number of methoxy groups -OCH3 is 1. The molecular weight excluding hydrogens is 349 g/mol. The topological polar surface area (TPSA) is 68.5 Å². The summed E-state index contributed by atoms with van der Waals surface area (Å²) in [6, 6.07) is 16.6. The molecule has 0 saturated heterocycles. The summed E-state index contributed by atoms with van der Waals surface area (Å²) in [4.78, 5) is 23.5. The minimum Gasteiger partial charge on any atom is -0.466 e. The zero-order chi connectivity index (χ0) is 19.2. The Balaban J connectivity index is 1.77. The van der Waals surface area contributed by atoms with Crippen molar-refractivity contribution in [2.24, 2.45) is 0 Å². The Labute approximate surface area is 155 Å². The van der Waals surface area contributed by atoms with Crippen LogP contribution in [0.25, 0.3) is 17.4 Å². The molecule has 3 rings (SSSR count). The van der Waals surface area contributed by atoms with Crippen molar-refractivity contribution >= 4 is 23.6 Å². The van der Waals surface area contributed by atoms with Crippen LogP contribution >= 0.6 is 0 Å². The summed E-state index contributed by atoms with van der Waals surface area (Å²) in [7, 11) is 1.26. The van der Waals surface area contributed by atoms with Crippen LogP contribution in [0, 0.1) is 5.82 Å². The molecule has 0 fully saturated rings. The van der Waals surface area contributed by atoms with Crippen LogP contribution < -0.4 is 5.32 Å². The van der Waals surface area contributed by atoms with Gasteiger partial charge < -0.3 is 14.5 Å². The largest absolute Gasteiger partial charge is 0.466 e. The molecule has 0 unspecified atom stereocenters. The smallest absolute Gasteiger partial charge is 0.330 e. The summed E-state index contributed by atoms with van der Waals surface area (Å²) in [5.74, 6) is -1.12. The van der Waals surface area contributed by atoms with Gasteiger partial charge in [-0.3, -0.25) is 4.79 Å². The molecule has 27 heavy (non-hydrogen) atoms. The third-order valence-electron chi connectivity index (χ3n) is 3.74. The van der Waals surface area contributed by atoms with Crippen LogP contribution in [0.1, 0.15) is 16.1 Å². The van der Waals surface area contributed by atoms with Gasteiger partial charge in [-0.2, -0.15) is 0 Å². The fraction of sp³-hybridized carbons (Fsp3) is 0.0476. The molecule has 1 amide bonds. The number of carbonyl (C=O) groups is 2. The van der Waals surface area contributed by atoms with Crippen LogP contribution in [0.5, 0.6) is 0 Å². The van der Waals surface area contributed by atoms with E-state index in [1.807, 2.05) is 30.3 Å². The first kappa shape index (κ1) is 18.1. The predicted molar refractivity (Wildman–Crippen MR) is 99.5 cm³/mol. The summed E-state index contributed by atoms with van der Waals surface area (Å²) in [6.45, 7) is 0. The lowest BCUT2D eigenvalue weighted by atomic mass is 10.1. The van der Waals surface area contributed by atoms with E-state index in [0.29, 0.717) is 11.3 Å². The van der Waals surface area contributed by atoms with E-state index < -0.39 is 17.7 Å². The second-order valence-corrected chi connectivity index (χ2v) is 5.58. The minimum absolute atomic E-state index is 0.0234. The first-order chi connectivity index (χ1) is 13.1. The number of furan rings is 1. The van der Waals surface area contributed by atoms with Gasteiger partial charge in [0.1, 0.15) is 11.6 Å². The Hall–Kier alpha value is -3.67. The van der Waals surface area contributed by atoms with Crippen molar-refractivity contribution in [1.82, 2.24) is 0 Å². The first-order valence-corrected chi connectivity index (χ1v) is 8.09. The monoisotopic (exact) mass is 365 g/mol. The van der Waals surface area contributed by atoms with Crippen LogP contribution in [0.15, 0.2) is 71.2 Å². The van der Waals surface area contributed by atoms with E-state index in [4.69, 9.17) is 4.42 Å². The molecule has 5 nitrogen and oxygen atoms in total. The Morgan fingerprint density at radius 3 is 2.59 bits per heavy atom. The quantitative estimate of drug-likeness (QED) is 0.533. The molecule has 0 spiro atoms. The maximum atomic E-state index is 14.0. The van der Waals surface area contributed by atoms with E-state index in [1.165, 1.54) is 43.5 Å². The lowest BCUT2D eigenvalue weighted by Gasteiger charge is -2.06. The van der Waals surface area contributed by atoms with Crippen molar-refractivity contribution < 1.29 is 23.1 Å². The number of rotatable bonds is 5. The number of nitrogens with one attached hydrogen (secondary N) is 1. The van der Waals surface area contributed by atoms with Crippen molar-refractivity contribution in [1.29, 1.82) is 0 Å². The van der Waals surface area contributed by atoms with Gasteiger partial charge in [-0.1, -0.05) is 36.4 Å². The Morgan fingerprint density at radius 2 is 1.85 bits per heavy atom. The maximum absolute atomic E-state index is 14.0. The highest BCUT2D eigenvalue weighted by molar-refractivity contribution is 6.02. The zero-order valence-corrected chi connectivity index (χ0v) is 14.4. The van der Waals surface area contributed by atoms with Crippen molar-refractivity contribution in [3.63, 3.8) is 0 Å². The summed E-state index contributed by atoms with van der Waals surface area (Å²) in [5, 5.41) is 2.48. The highest BCUT2D eigenvalue weighted by Gasteiger charge is 2.14. The molecule has 0 atom stereocenters. The number of esters is 1. The molecule has 1 heterocycles. The van der Waals surface area contributed by atoms with Gasteiger partial charge in [0, 0.05) is 11.6 Å². The lowest BCUT2D eigenvalue weighted by molar-refractivity contribution is -0.134. The van der Waals surface area contributed by atoms with Crippen LogP contribution in [0.2, 0.25) is 0 Å². The third-order valence-corrected chi connectivity index (χ3v) is 3.74. The number of halogens is 1. The van der Waals surface area contributed by atoms with Gasteiger partial charge in [-0.25, -0.2) is 9.18 Å². The van der Waals surface area contributed by atoms with Gasteiger partial charge in [0.2, 0.25) is 0 Å². The Morgan fingerprint density at radius 1 is 1.07 bits per heavy atom. The van der Waals surface area contributed by atoms with Crippen molar-refractivity contribution in [3.05, 3.63) is 83.9 Å². The van der Waals surface area contributed by atoms with Gasteiger partial charge in [-0.15, -0.1) is 0 Å². The first-order valence-electron chi connectivity index (χ1n) is 8.09. The fourth-order valence-electron chi connectivity index (χ4n) is 2.38. The predicted octanol–water partition coefficient (Wildman–Crippen LogP) is 4.52. The molecule has 0 aliphatic heterocycles. The highest BCUT2D eigenvalue weighted by atomic mass is 19.1. The summed E-state index contributed by atoms with van der Waals surface area (Å²) in [6.07, 6.45) is 2.67. The Kier molecular flexibility index (Phi) is 5.47. The van der Waals surface area contributed by atoms with E-state index >= 15 is 0 Å². The minimum atomic E-state index is -0.603. The van der Waals surface area contributed by atoms with E-state index in [-0.39, 0.29) is 11.4 Å². The molecule has 1 aromatic heterocycles. The summed E-state index contributed by atoms with van der Waals surface area (Å²) >= 11 is 0. The molecule has 1 N–H and O–H groups in total. The second kappa shape index (κ2) is 8.14. The fourth-order valence-corrected chi connectivity index (χ4v) is 2.38. The van der Waals surface area contributed by atoms with Crippen molar-refractivity contribution in [3.8, 4) is 11.3 Å². The van der Waals surface area contributed by atoms with Crippen LogP contribution in [0.4, 0.5) is 10.1 Å². The third kappa shape index (κ3) is 4.49. The van der Waals surface area contributed by atoms with Crippen molar-refractivity contribution in [2.75, 3.05) is 12.4 Å². The number of hydrogen-bond donors (Lipinski definition) is 1. The molecule has 2 aromatic carbocycles. The van der Waals surface area contributed by atoms with Gasteiger partial charge in [0.05, 0.1) is 12.8 Å². The molecule has 0 saturated carbocycles. The van der Waals surface area contributed by atoms with Crippen LogP contribution in [0.3, 0.4) is 0 Å². The van der Waals surface area contributed by atoms with Gasteiger partial charge in [0.15, 0.2) is 5.76 Å². The van der Waals surface area contributed by atoms with E-state index in [2.05, 4.69) is 10.1 Å². The molecule has 0 radical (unpaired) electrons. The maximum Gasteiger partial charge on any atom is 0.330 e. The molecule has 0 bridgehead atoms. The zero-order valence-electron chi connectivity index (χ0n) is 14.4. The van der Waals surface area contributed by atoms with Crippen LogP contribution in [-0.4, -0.2) is 19.0 Å².